The van der Waals surface area contributed by atoms with Crippen molar-refractivity contribution in [3.05, 3.63) is 35.1 Å². The van der Waals surface area contributed by atoms with Crippen molar-refractivity contribution in [2.75, 3.05) is 14.2 Å². The third-order valence-corrected chi connectivity index (χ3v) is 4.32. The highest BCUT2D eigenvalue weighted by Gasteiger charge is 2.63. The number of esters is 1. The second-order valence-electron chi connectivity index (χ2n) is 5.78. The van der Waals surface area contributed by atoms with Crippen LogP contribution < -0.4 is 4.74 Å². The molecule has 1 aromatic carbocycles. The molecule has 0 radical (unpaired) electrons. The molecule has 0 aromatic heterocycles. The molecule has 0 bridgehead atoms. The zero-order chi connectivity index (χ0) is 17.6. The maximum Gasteiger partial charge on any atom is 0.314 e. The number of carbonyl (C=O) groups excluding carboxylic acids is 3. The summed E-state index contributed by atoms with van der Waals surface area (Å²) in [5, 5.41) is 10.1. The number of ether oxygens (including phenoxy) is 3. The van der Waals surface area contributed by atoms with Gasteiger partial charge in [-0.25, -0.2) is 0 Å². The summed E-state index contributed by atoms with van der Waals surface area (Å²) in [6.07, 6.45) is 0.895. The highest BCUT2D eigenvalue weighted by atomic mass is 16.6. The van der Waals surface area contributed by atoms with Crippen molar-refractivity contribution in [1.29, 1.82) is 0 Å². The fourth-order valence-electron chi connectivity index (χ4n) is 3.27. The quantitative estimate of drug-likeness (QED) is 0.815. The van der Waals surface area contributed by atoms with E-state index in [0.29, 0.717) is 5.56 Å². The molecule has 1 aliphatic heterocycles. The van der Waals surface area contributed by atoms with E-state index in [-0.39, 0.29) is 35.0 Å². The summed E-state index contributed by atoms with van der Waals surface area (Å²) >= 11 is 0. The molecule has 1 aliphatic carbocycles. The Morgan fingerprint density at radius 2 is 2.04 bits per heavy atom. The predicted molar refractivity (Wildman–Crippen MR) is 80.8 cm³/mol. The Morgan fingerprint density at radius 1 is 1.33 bits per heavy atom. The number of phenolic OH excluding ortho intramolecular Hbond substituents is 1. The van der Waals surface area contributed by atoms with Gasteiger partial charge < -0.3 is 19.3 Å². The van der Waals surface area contributed by atoms with Gasteiger partial charge in [-0.3, -0.25) is 14.4 Å². The first-order valence-electron chi connectivity index (χ1n) is 7.29. The van der Waals surface area contributed by atoms with Gasteiger partial charge in [-0.1, -0.05) is 0 Å². The van der Waals surface area contributed by atoms with E-state index in [1.54, 1.807) is 13.0 Å². The van der Waals surface area contributed by atoms with E-state index in [1.807, 2.05) is 0 Å². The molecule has 1 aromatic rings. The molecule has 1 N–H and O–H groups in total. The van der Waals surface area contributed by atoms with Crippen LogP contribution in [-0.2, 0) is 19.1 Å². The minimum absolute atomic E-state index is 0.0354. The van der Waals surface area contributed by atoms with Crippen LogP contribution in [0, 0.1) is 12.8 Å². The second kappa shape index (κ2) is 5.36. The standard InChI is InChI=1S/C17H16O7/c1-8-4-11(19)14-12(5-8)24-17(15(14)20)10(16(21)23-3)6-9(18)7-13(17)22-2/h4-5,7,10,19H,6H2,1-3H3/t10-,17-/m1/s1. The minimum Gasteiger partial charge on any atom is -0.507 e. The molecule has 2 aliphatic rings. The fourth-order valence-corrected chi connectivity index (χ4v) is 3.27. The topological polar surface area (TPSA) is 99.1 Å². The van der Waals surface area contributed by atoms with Crippen molar-refractivity contribution >= 4 is 17.5 Å². The van der Waals surface area contributed by atoms with E-state index in [2.05, 4.69) is 0 Å². The first-order chi connectivity index (χ1) is 11.3. The molecule has 0 saturated heterocycles. The number of hydrogen-bond donors (Lipinski definition) is 1. The number of aromatic hydroxyl groups is 1. The van der Waals surface area contributed by atoms with Gasteiger partial charge in [0, 0.05) is 12.5 Å². The monoisotopic (exact) mass is 332 g/mol. The van der Waals surface area contributed by atoms with Crippen molar-refractivity contribution in [1.82, 2.24) is 0 Å². The lowest BCUT2D eigenvalue weighted by Gasteiger charge is -2.36. The first kappa shape index (κ1) is 16.0. The number of carbonyl (C=O) groups is 3. The van der Waals surface area contributed by atoms with Crippen LogP contribution in [0.25, 0.3) is 0 Å². The van der Waals surface area contributed by atoms with Crippen LogP contribution in [0.4, 0.5) is 0 Å². The molecular formula is C17H16O7. The number of Topliss-reactive ketones (excluding diaryl/α,β-unsaturated/α-hetero) is 1. The number of benzene rings is 1. The van der Waals surface area contributed by atoms with E-state index in [9.17, 15) is 19.5 Å². The van der Waals surface area contributed by atoms with Crippen molar-refractivity contribution in [2.45, 2.75) is 18.9 Å². The van der Waals surface area contributed by atoms with E-state index >= 15 is 0 Å². The Labute approximate surface area is 137 Å². The van der Waals surface area contributed by atoms with Crippen molar-refractivity contribution in [3.63, 3.8) is 0 Å². The zero-order valence-electron chi connectivity index (χ0n) is 13.4. The molecule has 126 valence electrons. The summed E-state index contributed by atoms with van der Waals surface area (Å²) in [5.41, 5.74) is -1.20. The summed E-state index contributed by atoms with van der Waals surface area (Å²) in [5.74, 6) is -3.15. The van der Waals surface area contributed by atoms with Crippen LogP contribution in [-0.4, -0.2) is 42.5 Å². The molecule has 2 atom stereocenters. The Hall–Kier alpha value is -2.83. The van der Waals surface area contributed by atoms with Crippen LogP contribution in [0.5, 0.6) is 11.5 Å². The average molecular weight is 332 g/mol. The van der Waals surface area contributed by atoms with Gasteiger partial charge in [-0.2, -0.15) is 0 Å². The van der Waals surface area contributed by atoms with E-state index in [1.165, 1.54) is 20.3 Å². The molecule has 0 amide bonds. The number of methoxy groups -OCH3 is 2. The average Bonchev–Trinajstić information content (AvgIpc) is 2.82. The predicted octanol–water partition coefficient (Wildman–Crippen LogP) is 1.31. The zero-order valence-corrected chi connectivity index (χ0v) is 13.4. The Morgan fingerprint density at radius 3 is 2.67 bits per heavy atom. The first-order valence-corrected chi connectivity index (χ1v) is 7.29. The molecule has 1 spiro atoms. The van der Waals surface area contributed by atoms with E-state index < -0.39 is 23.3 Å². The summed E-state index contributed by atoms with van der Waals surface area (Å²) in [4.78, 5) is 37.2. The molecule has 0 fully saturated rings. The number of aryl methyl sites for hydroxylation is 1. The van der Waals surface area contributed by atoms with Gasteiger partial charge in [0.15, 0.2) is 11.5 Å². The summed E-state index contributed by atoms with van der Waals surface area (Å²) in [6, 6.07) is 3.01. The van der Waals surface area contributed by atoms with Gasteiger partial charge in [0.25, 0.3) is 0 Å². The van der Waals surface area contributed by atoms with Gasteiger partial charge in [0.1, 0.15) is 23.0 Å². The third-order valence-electron chi connectivity index (χ3n) is 4.32. The van der Waals surface area contributed by atoms with Gasteiger partial charge in [-0.15, -0.1) is 0 Å². The smallest absolute Gasteiger partial charge is 0.314 e. The summed E-state index contributed by atoms with van der Waals surface area (Å²) in [6.45, 7) is 1.73. The largest absolute Gasteiger partial charge is 0.507 e. The Bertz CT molecular complexity index is 792. The number of allylic oxidation sites excluding steroid dienone is 1. The van der Waals surface area contributed by atoms with Crippen molar-refractivity contribution in [3.8, 4) is 11.5 Å². The summed E-state index contributed by atoms with van der Waals surface area (Å²) < 4.78 is 15.8. The number of hydrogen-bond acceptors (Lipinski definition) is 7. The maximum absolute atomic E-state index is 13.1. The highest BCUT2D eigenvalue weighted by Crippen LogP contribution is 2.50. The number of ketones is 2. The van der Waals surface area contributed by atoms with Crippen LogP contribution in [0.15, 0.2) is 24.0 Å². The fraction of sp³-hybridized carbons (Fsp3) is 0.353. The van der Waals surface area contributed by atoms with Crippen LogP contribution in [0.2, 0.25) is 0 Å². The minimum atomic E-state index is -1.84. The molecule has 7 nitrogen and oxygen atoms in total. The Kier molecular flexibility index (Phi) is 3.59. The lowest BCUT2D eigenvalue weighted by Crippen LogP contribution is -2.55. The second-order valence-corrected chi connectivity index (χ2v) is 5.78. The molecule has 3 rings (SSSR count). The van der Waals surface area contributed by atoms with Crippen molar-refractivity contribution in [2.24, 2.45) is 5.92 Å². The van der Waals surface area contributed by atoms with Crippen LogP contribution >= 0.6 is 0 Å². The van der Waals surface area contributed by atoms with Crippen molar-refractivity contribution < 1.29 is 33.7 Å². The lowest BCUT2D eigenvalue weighted by atomic mass is 9.74. The SMILES string of the molecule is COC(=O)[C@H]1CC(=O)C=C(OC)[C@]12Oc1cc(C)cc(O)c1C2=O. The van der Waals surface area contributed by atoms with Crippen LogP contribution in [0.1, 0.15) is 22.3 Å². The normalized spacial score (nSPS) is 25.1. The van der Waals surface area contributed by atoms with Gasteiger partial charge in [-0.05, 0) is 24.6 Å². The highest BCUT2D eigenvalue weighted by molar-refractivity contribution is 6.15. The van der Waals surface area contributed by atoms with Crippen LogP contribution in [0.3, 0.4) is 0 Å². The molecular weight excluding hydrogens is 316 g/mol. The Balaban J connectivity index is 2.24. The lowest BCUT2D eigenvalue weighted by molar-refractivity contribution is -0.154. The molecule has 0 saturated carbocycles. The molecule has 24 heavy (non-hydrogen) atoms. The van der Waals surface area contributed by atoms with Gasteiger partial charge in [0.2, 0.25) is 11.4 Å². The van der Waals surface area contributed by atoms with E-state index in [0.717, 1.165) is 6.08 Å². The third kappa shape index (κ3) is 2.01. The molecule has 0 unspecified atom stereocenters. The molecule has 1 heterocycles. The number of rotatable bonds is 2. The molecule has 7 heteroatoms. The summed E-state index contributed by atoms with van der Waals surface area (Å²) in [7, 11) is 2.45. The number of phenols is 1. The van der Waals surface area contributed by atoms with E-state index in [4.69, 9.17) is 14.2 Å². The number of fused-ring (bicyclic) bond motifs is 1. The van der Waals surface area contributed by atoms with Gasteiger partial charge in [0.05, 0.1) is 14.2 Å². The van der Waals surface area contributed by atoms with Gasteiger partial charge >= 0.3 is 5.97 Å². The maximum atomic E-state index is 13.1.